The minimum absolute atomic E-state index is 0. The number of hydrogen-bond acceptors (Lipinski definition) is 5. The summed E-state index contributed by atoms with van der Waals surface area (Å²) in [6, 6.07) is 0.244. The van der Waals surface area contributed by atoms with Crippen LogP contribution in [0.15, 0.2) is 4.99 Å². The molecule has 0 amide bonds. The van der Waals surface area contributed by atoms with E-state index in [2.05, 4.69) is 16.9 Å². The summed E-state index contributed by atoms with van der Waals surface area (Å²) >= 11 is 0. The van der Waals surface area contributed by atoms with Gasteiger partial charge in [0.2, 0.25) is 6.08 Å². The lowest BCUT2D eigenvalue weighted by Crippen LogP contribution is -2.31. The number of Topliss-reactive ketones (excluding diaryl/α,β-unsaturated/α-hetero) is 2. The summed E-state index contributed by atoms with van der Waals surface area (Å²) in [6.07, 6.45) is 3.62. The van der Waals surface area contributed by atoms with Gasteiger partial charge in [-0.1, -0.05) is 7.43 Å². The van der Waals surface area contributed by atoms with Gasteiger partial charge in [-0.25, -0.2) is 9.79 Å². The van der Waals surface area contributed by atoms with E-state index in [4.69, 9.17) is 0 Å². The fourth-order valence-corrected chi connectivity index (χ4v) is 1.20. The van der Waals surface area contributed by atoms with Crippen LogP contribution in [0.25, 0.3) is 0 Å². The number of piperidine rings is 1. The van der Waals surface area contributed by atoms with E-state index >= 15 is 0 Å². The van der Waals surface area contributed by atoms with Crippen molar-refractivity contribution in [2.45, 2.75) is 40.2 Å². The van der Waals surface area contributed by atoms with Crippen LogP contribution in [0.3, 0.4) is 0 Å². The van der Waals surface area contributed by atoms with Crippen molar-refractivity contribution in [2.75, 3.05) is 20.1 Å². The van der Waals surface area contributed by atoms with Gasteiger partial charge < -0.3 is 4.90 Å². The molecule has 0 aromatic rings. The predicted molar refractivity (Wildman–Crippen MR) is 66.7 cm³/mol. The molecule has 98 valence electrons. The molecule has 0 saturated carbocycles. The monoisotopic (exact) mass is 242 g/mol. The summed E-state index contributed by atoms with van der Waals surface area (Å²) in [7, 11) is 2.08. The lowest BCUT2D eigenvalue weighted by molar-refractivity contribution is -0.134. The molecule has 1 rings (SSSR count). The number of likely N-dealkylation sites (tertiary alicyclic amines) is 1. The van der Waals surface area contributed by atoms with Crippen LogP contribution in [-0.2, 0) is 14.4 Å². The Hall–Kier alpha value is -1.32. The summed E-state index contributed by atoms with van der Waals surface area (Å²) in [5.74, 6) is -0.759. The third kappa shape index (κ3) is 9.60. The van der Waals surface area contributed by atoms with Crippen LogP contribution in [0.5, 0.6) is 0 Å². The van der Waals surface area contributed by atoms with Gasteiger partial charge in [-0.2, -0.15) is 0 Å². The SMILES string of the molecule is C.CC(=O)C(C)=O.CN1CCC(N=C=O)CC1. The van der Waals surface area contributed by atoms with Crippen LogP contribution in [-0.4, -0.2) is 48.7 Å². The third-order valence-electron chi connectivity index (χ3n) is 2.42. The number of rotatable bonds is 2. The molecule has 0 bridgehead atoms. The van der Waals surface area contributed by atoms with Gasteiger partial charge >= 0.3 is 0 Å². The predicted octanol–water partition coefficient (Wildman–Crippen LogP) is 1.22. The van der Waals surface area contributed by atoms with Crippen LogP contribution in [0.2, 0.25) is 0 Å². The molecule has 1 fully saturated rings. The Labute approximate surface area is 103 Å². The highest BCUT2D eigenvalue weighted by molar-refractivity contribution is 6.35. The minimum Gasteiger partial charge on any atom is -0.306 e. The fraction of sp³-hybridized carbons (Fsp3) is 0.750. The summed E-state index contributed by atoms with van der Waals surface area (Å²) in [5.41, 5.74) is 0. The first-order valence-corrected chi connectivity index (χ1v) is 5.24. The quantitative estimate of drug-likeness (QED) is 0.415. The maximum Gasteiger partial charge on any atom is 0.235 e. The maximum absolute atomic E-state index is 9.85. The van der Waals surface area contributed by atoms with E-state index in [0.717, 1.165) is 25.9 Å². The topological polar surface area (TPSA) is 66.8 Å². The summed E-state index contributed by atoms with van der Waals surface area (Å²) in [5, 5.41) is 0. The smallest absolute Gasteiger partial charge is 0.235 e. The van der Waals surface area contributed by atoms with E-state index in [1.807, 2.05) is 0 Å². The fourth-order valence-electron chi connectivity index (χ4n) is 1.20. The van der Waals surface area contributed by atoms with Crippen molar-refractivity contribution in [2.24, 2.45) is 4.99 Å². The molecule has 1 heterocycles. The Bertz CT molecular complexity index is 276. The Morgan fingerprint density at radius 2 is 1.59 bits per heavy atom. The second-order valence-electron chi connectivity index (χ2n) is 3.87. The molecule has 0 N–H and O–H groups in total. The van der Waals surface area contributed by atoms with Gasteiger partial charge in [-0.05, 0) is 33.0 Å². The molecule has 1 aliphatic rings. The number of nitrogens with zero attached hydrogens (tertiary/aromatic N) is 2. The molecular weight excluding hydrogens is 220 g/mol. The maximum atomic E-state index is 9.85. The van der Waals surface area contributed by atoms with Gasteiger partial charge in [-0.3, -0.25) is 9.59 Å². The first-order chi connectivity index (χ1) is 7.47. The highest BCUT2D eigenvalue weighted by Gasteiger charge is 2.14. The molecule has 0 aromatic heterocycles. The van der Waals surface area contributed by atoms with Crippen LogP contribution in [0.4, 0.5) is 0 Å². The average Bonchev–Trinajstić information content (AvgIpc) is 2.22. The molecule has 0 aromatic carbocycles. The molecule has 0 spiro atoms. The standard InChI is InChI=1S/C7H12N2O.C4H6O2.CH4/c1-9-4-2-7(3-5-9)8-6-10;1-3(5)4(2)6;/h7H,2-5H2,1H3;1-2H3;1H4. The van der Waals surface area contributed by atoms with Crippen LogP contribution < -0.4 is 0 Å². The lowest BCUT2D eigenvalue weighted by Gasteiger charge is -2.25. The number of isocyanates is 1. The zero-order valence-corrected chi connectivity index (χ0v) is 10.0. The number of carbonyl (C=O) groups is 2. The van der Waals surface area contributed by atoms with E-state index in [0.29, 0.717) is 0 Å². The van der Waals surface area contributed by atoms with Crippen molar-refractivity contribution < 1.29 is 14.4 Å². The second-order valence-corrected chi connectivity index (χ2v) is 3.87. The molecule has 0 aliphatic carbocycles. The zero-order valence-electron chi connectivity index (χ0n) is 10.0. The first kappa shape index (κ1) is 18.1. The van der Waals surface area contributed by atoms with E-state index in [9.17, 15) is 14.4 Å². The largest absolute Gasteiger partial charge is 0.306 e. The van der Waals surface area contributed by atoms with Gasteiger partial charge in [0.05, 0.1) is 6.04 Å². The minimum atomic E-state index is -0.380. The molecule has 5 nitrogen and oxygen atoms in total. The van der Waals surface area contributed by atoms with Crippen LogP contribution in [0.1, 0.15) is 34.1 Å². The van der Waals surface area contributed by atoms with Crippen molar-refractivity contribution in [1.82, 2.24) is 4.90 Å². The number of carbonyl (C=O) groups excluding carboxylic acids is 3. The van der Waals surface area contributed by atoms with Gasteiger partial charge in [0, 0.05) is 13.8 Å². The molecule has 1 saturated heterocycles. The molecule has 5 heteroatoms. The van der Waals surface area contributed by atoms with Crippen molar-refractivity contribution in [1.29, 1.82) is 0 Å². The summed E-state index contributed by atoms with van der Waals surface area (Å²) in [4.78, 5) is 35.4. The molecule has 0 unspecified atom stereocenters. The summed E-state index contributed by atoms with van der Waals surface area (Å²) < 4.78 is 0. The van der Waals surface area contributed by atoms with Crippen LogP contribution in [0, 0.1) is 0 Å². The number of aliphatic imine (C=N–C) groups is 1. The lowest BCUT2D eigenvalue weighted by atomic mass is 10.1. The Balaban J connectivity index is 0. The van der Waals surface area contributed by atoms with E-state index in [1.165, 1.54) is 13.8 Å². The normalized spacial score (nSPS) is 15.7. The zero-order chi connectivity index (χ0) is 12.6. The summed E-state index contributed by atoms with van der Waals surface area (Å²) in [6.45, 7) is 4.61. The van der Waals surface area contributed by atoms with Crippen molar-refractivity contribution in [3.05, 3.63) is 0 Å². The number of hydrogen-bond donors (Lipinski definition) is 0. The van der Waals surface area contributed by atoms with E-state index in [1.54, 1.807) is 6.08 Å². The third-order valence-corrected chi connectivity index (χ3v) is 2.42. The van der Waals surface area contributed by atoms with Gasteiger partial charge in [0.1, 0.15) is 0 Å². The molecule has 0 radical (unpaired) electrons. The molecule has 1 aliphatic heterocycles. The Morgan fingerprint density at radius 1 is 1.18 bits per heavy atom. The van der Waals surface area contributed by atoms with E-state index < -0.39 is 0 Å². The molecule has 0 atom stereocenters. The van der Waals surface area contributed by atoms with E-state index in [-0.39, 0.29) is 25.0 Å². The first-order valence-electron chi connectivity index (χ1n) is 5.24. The van der Waals surface area contributed by atoms with Gasteiger partial charge in [0.25, 0.3) is 0 Å². The highest BCUT2D eigenvalue weighted by atomic mass is 16.2. The van der Waals surface area contributed by atoms with Gasteiger partial charge in [0.15, 0.2) is 11.6 Å². The van der Waals surface area contributed by atoms with Gasteiger partial charge in [-0.15, -0.1) is 0 Å². The Morgan fingerprint density at radius 3 is 1.88 bits per heavy atom. The Kier molecular flexibility index (Phi) is 10.5. The van der Waals surface area contributed by atoms with Crippen molar-refractivity contribution >= 4 is 17.6 Å². The average molecular weight is 242 g/mol. The van der Waals surface area contributed by atoms with Crippen molar-refractivity contribution in [3.63, 3.8) is 0 Å². The molecule has 17 heavy (non-hydrogen) atoms. The van der Waals surface area contributed by atoms with Crippen LogP contribution >= 0.6 is 0 Å². The number of ketones is 2. The highest BCUT2D eigenvalue weighted by Crippen LogP contribution is 2.10. The van der Waals surface area contributed by atoms with Crippen molar-refractivity contribution in [3.8, 4) is 0 Å². The second kappa shape index (κ2) is 9.87. The molecular formula is C12H22N2O3.